The molecule has 1 aliphatic heterocycles. The van der Waals surface area contributed by atoms with Gasteiger partial charge in [0.1, 0.15) is 5.82 Å². The fraction of sp³-hybridized carbons (Fsp3) is 0.562. The third-order valence-corrected chi connectivity index (χ3v) is 3.83. The summed E-state index contributed by atoms with van der Waals surface area (Å²) in [5.74, 6) is 0.540. The van der Waals surface area contributed by atoms with Crippen molar-refractivity contribution in [3.05, 3.63) is 35.6 Å². The molecule has 1 aliphatic rings. The van der Waals surface area contributed by atoms with Crippen LogP contribution in [0.3, 0.4) is 0 Å². The number of amides is 1. The highest BCUT2D eigenvalue weighted by Crippen LogP contribution is 2.13. The maximum atomic E-state index is 12.7. The fourth-order valence-electron chi connectivity index (χ4n) is 2.58. The SMILES string of the molecule is O=C(CCc1ccc(F)cc1)NCCC1CCCNC1. The van der Waals surface area contributed by atoms with E-state index in [2.05, 4.69) is 10.6 Å². The lowest BCUT2D eigenvalue weighted by atomic mass is 9.96. The molecular formula is C16H23FN2O. The van der Waals surface area contributed by atoms with Gasteiger partial charge in [-0.15, -0.1) is 0 Å². The Balaban J connectivity index is 1.59. The van der Waals surface area contributed by atoms with Gasteiger partial charge < -0.3 is 10.6 Å². The van der Waals surface area contributed by atoms with E-state index in [1.54, 1.807) is 12.1 Å². The van der Waals surface area contributed by atoms with Crippen LogP contribution in [0.5, 0.6) is 0 Å². The van der Waals surface area contributed by atoms with Gasteiger partial charge in [0.25, 0.3) is 0 Å². The zero-order valence-corrected chi connectivity index (χ0v) is 11.8. The van der Waals surface area contributed by atoms with Crippen molar-refractivity contribution in [2.24, 2.45) is 5.92 Å². The number of carbonyl (C=O) groups is 1. The summed E-state index contributed by atoms with van der Waals surface area (Å²) < 4.78 is 12.7. The molecule has 1 heterocycles. The molecule has 1 saturated heterocycles. The van der Waals surface area contributed by atoms with E-state index in [-0.39, 0.29) is 11.7 Å². The van der Waals surface area contributed by atoms with E-state index in [1.807, 2.05) is 0 Å². The molecule has 0 aliphatic carbocycles. The van der Waals surface area contributed by atoms with Gasteiger partial charge in [-0.25, -0.2) is 4.39 Å². The number of piperidine rings is 1. The molecule has 110 valence electrons. The molecule has 0 saturated carbocycles. The van der Waals surface area contributed by atoms with Crippen LogP contribution in [0.25, 0.3) is 0 Å². The smallest absolute Gasteiger partial charge is 0.220 e. The first-order valence-corrected chi connectivity index (χ1v) is 7.46. The summed E-state index contributed by atoms with van der Waals surface area (Å²) in [6, 6.07) is 6.33. The number of hydrogen-bond acceptors (Lipinski definition) is 2. The minimum atomic E-state index is -0.237. The molecule has 0 aromatic heterocycles. The number of aryl methyl sites for hydroxylation is 1. The first kappa shape index (κ1) is 15.0. The minimum Gasteiger partial charge on any atom is -0.356 e. The van der Waals surface area contributed by atoms with Gasteiger partial charge >= 0.3 is 0 Å². The maximum absolute atomic E-state index is 12.7. The standard InChI is InChI=1S/C16H23FN2O/c17-15-6-3-13(4-7-15)5-8-16(20)19-11-9-14-2-1-10-18-12-14/h3-4,6-7,14,18H,1-2,5,8-12H2,(H,19,20). The first-order chi connectivity index (χ1) is 9.74. The summed E-state index contributed by atoms with van der Waals surface area (Å²) in [4.78, 5) is 11.7. The van der Waals surface area contributed by atoms with Crippen molar-refractivity contribution < 1.29 is 9.18 Å². The van der Waals surface area contributed by atoms with Crippen LogP contribution in [0.15, 0.2) is 24.3 Å². The van der Waals surface area contributed by atoms with Gasteiger partial charge in [0, 0.05) is 13.0 Å². The molecular weight excluding hydrogens is 255 g/mol. The van der Waals surface area contributed by atoms with Crippen LogP contribution in [0, 0.1) is 11.7 Å². The zero-order chi connectivity index (χ0) is 14.2. The molecule has 3 nitrogen and oxygen atoms in total. The van der Waals surface area contributed by atoms with Gasteiger partial charge in [-0.2, -0.15) is 0 Å². The van der Waals surface area contributed by atoms with E-state index < -0.39 is 0 Å². The number of benzene rings is 1. The Bertz CT molecular complexity index is 413. The van der Waals surface area contributed by atoms with Crippen molar-refractivity contribution in [2.45, 2.75) is 32.1 Å². The van der Waals surface area contributed by atoms with Crippen LogP contribution in [0.2, 0.25) is 0 Å². The molecule has 1 aromatic rings. The highest BCUT2D eigenvalue weighted by molar-refractivity contribution is 5.76. The van der Waals surface area contributed by atoms with Crippen LogP contribution < -0.4 is 10.6 Å². The Morgan fingerprint density at radius 2 is 2.15 bits per heavy atom. The summed E-state index contributed by atoms with van der Waals surface area (Å²) in [5, 5.41) is 6.35. The predicted molar refractivity (Wildman–Crippen MR) is 77.9 cm³/mol. The van der Waals surface area contributed by atoms with Crippen molar-refractivity contribution in [1.82, 2.24) is 10.6 Å². The van der Waals surface area contributed by atoms with Gasteiger partial charge in [-0.3, -0.25) is 4.79 Å². The van der Waals surface area contributed by atoms with Crippen molar-refractivity contribution in [3.8, 4) is 0 Å². The van der Waals surface area contributed by atoms with E-state index in [4.69, 9.17) is 0 Å². The van der Waals surface area contributed by atoms with Crippen LogP contribution in [-0.2, 0) is 11.2 Å². The highest BCUT2D eigenvalue weighted by atomic mass is 19.1. The van der Waals surface area contributed by atoms with E-state index in [1.165, 1.54) is 25.0 Å². The molecule has 1 atom stereocenters. The third-order valence-electron chi connectivity index (χ3n) is 3.83. The average Bonchev–Trinajstić information content (AvgIpc) is 2.48. The zero-order valence-electron chi connectivity index (χ0n) is 11.8. The van der Waals surface area contributed by atoms with Crippen LogP contribution in [0.1, 0.15) is 31.2 Å². The van der Waals surface area contributed by atoms with Gasteiger partial charge in [-0.05, 0) is 62.4 Å². The number of hydrogen-bond donors (Lipinski definition) is 2. The van der Waals surface area contributed by atoms with Crippen molar-refractivity contribution >= 4 is 5.91 Å². The largest absolute Gasteiger partial charge is 0.356 e. The molecule has 1 aromatic carbocycles. The Hall–Kier alpha value is -1.42. The summed E-state index contributed by atoms with van der Waals surface area (Å²) in [7, 11) is 0. The van der Waals surface area contributed by atoms with Gasteiger partial charge in [0.15, 0.2) is 0 Å². The monoisotopic (exact) mass is 278 g/mol. The van der Waals surface area contributed by atoms with Gasteiger partial charge in [-0.1, -0.05) is 12.1 Å². The first-order valence-electron chi connectivity index (χ1n) is 7.46. The summed E-state index contributed by atoms with van der Waals surface area (Å²) in [6.07, 6.45) is 4.68. The van der Waals surface area contributed by atoms with E-state index in [9.17, 15) is 9.18 Å². The second-order valence-electron chi connectivity index (χ2n) is 5.48. The molecule has 2 rings (SSSR count). The lowest BCUT2D eigenvalue weighted by molar-refractivity contribution is -0.121. The fourth-order valence-corrected chi connectivity index (χ4v) is 2.58. The Kier molecular flexibility index (Phi) is 5.99. The number of rotatable bonds is 6. The number of halogens is 1. The van der Waals surface area contributed by atoms with Crippen molar-refractivity contribution in [1.29, 1.82) is 0 Å². The normalized spacial score (nSPS) is 18.8. The van der Waals surface area contributed by atoms with E-state index in [0.29, 0.717) is 18.8 Å². The molecule has 1 fully saturated rings. The maximum Gasteiger partial charge on any atom is 0.220 e. The molecule has 20 heavy (non-hydrogen) atoms. The van der Waals surface area contributed by atoms with Crippen LogP contribution >= 0.6 is 0 Å². The van der Waals surface area contributed by atoms with Gasteiger partial charge in [0.05, 0.1) is 0 Å². The predicted octanol–water partition coefficient (Wildman–Crippen LogP) is 2.26. The van der Waals surface area contributed by atoms with E-state index >= 15 is 0 Å². The Morgan fingerprint density at radius 3 is 2.85 bits per heavy atom. The quantitative estimate of drug-likeness (QED) is 0.838. The molecule has 2 N–H and O–H groups in total. The van der Waals surface area contributed by atoms with Crippen molar-refractivity contribution in [3.63, 3.8) is 0 Å². The topological polar surface area (TPSA) is 41.1 Å². The summed E-state index contributed by atoms with van der Waals surface area (Å²) in [6.45, 7) is 2.96. The Morgan fingerprint density at radius 1 is 1.35 bits per heavy atom. The highest BCUT2D eigenvalue weighted by Gasteiger charge is 2.12. The van der Waals surface area contributed by atoms with Crippen molar-refractivity contribution in [2.75, 3.05) is 19.6 Å². The Labute approximate surface area is 120 Å². The molecule has 1 amide bonds. The second-order valence-corrected chi connectivity index (χ2v) is 5.48. The lowest BCUT2D eigenvalue weighted by Gasteiger charge is -2.22. The minimum absolute atomic E-state index is 0.0816. The molecule has 0 spiro atoms. The van der Waals surface area contributed by atoms with Gasteiger partial charge in [0.2, 0.25) is 5.91 Å². The summed E-state index contributed by atoms with van der Waals surface area (Å²) in [5.41, 5.74) is 0.998. The molecule has 0 bridgehead atoms. The number of carbonyl (C=O) groups excluding carboxylic acids is 1. The van der Waals surface area contributed by atoms with Crippen LogP contribution in [-0.4, -0.2) is 25.5 Å². The molecule has 4 heteroatoms. The molecule has 1 unspecified atom stereocenters. The lowest BCUT2D eigenvalue weighted by Crippen LogP contribution is -2.33. The van der Waals surface area contributed by atoms with E-state index in [0.717, 1.165) is 31.6 Å². The average molecular weight is 278 g/mol. The third kappa shape index (κ3) is 5.29. The van der Waals surface area contributed by atoms with Crippen LogP contribution in [0.4, 0.5) is 4.39 Å². The molecule has 0 radical (unpaired) electrons. The second kappa shape index (κ2) is 8.00. The number of nitrogens with one attached hydrogen (secondary N) is 2. The summed E-state index contributed by atoms with van der Waals surface area (Å²) >= 11 is 0.